The highest BCUT2D eigenvalue weighted by atomic mass is 16.5. The molecule has 15 heavy (non-hydrogen) atoms. The van der Waals surface area contributed by atoms with Crippen molar-refractivity contribution < 1.29 is 9.84 Å². The van der Waals surface area contributed by atoms with Gasteiger partial charge in [-0.05, 0) is 32.8 Å². The molecule has 0 saturated carbocycles. The molecule has 0 aliphatic carbocycles. The number of ether oxygens (including phenoxy) is 1. The highest BCUT2D eigenvalue weighted by Crippen LogP contribution is 2.04. The van der Waals surface area contributed by atoms with Crippen LogP contribution in [0.2, 0.25) is 0 Å². The Labute approximate surface area is 90.9 Å². The molecule has 86 valence electrons. The lowest BCUT2D eigenvalue weighted by atomic mass is 10.1. The monoisotopic (exact) mass is 212 g/mol. The first kappa shape index (κ1) is 12.2. The molecule has 0 bridgehead atoms. The summed E-state index contributed by atoms with van der Waals surface area (Å²) in [6.07, 6.45) is 3.11. The second kappa shape index (κ2) is 5.88. The van der Waals surface area contributed by atoms with Gasteiger partial charge in [-0.3, -0.25) is 4.68 Å². The van der Waals surface area contributed by atoms with Crippen LogP contribution in [0.4, 0.5) is 0 Å². The average molecular weight is 212 g/mol. The van der Waals surface area contributed by atoms with Crippen LogP contribution < -0.4 is 0 Å². The summed E-state index contributed by atoms with van der Waals surface area (Å²) in [7, 11) is 1.91. The van der Waals surface area contributed by atoms with Crippen LogP contribution >= 0.6 is 0 Å². The summed E-state index contributed by atoms with van der Waals surface area (Å²) in [5, 5.41) is 13.7. The number of aliphatic hydroxyl groups is 1. The Bertz CT molecular complexity index is 284. The van der Waals surface area contributed by atoms with Gasteiger partial charge in [-0.25, -0.2) is 0 Å². The Kier molecular flexibility index (Phi) is 4.78. The van der Waals surface area contributed by atoms with Crippen molar-refractivity contribution in [3.8, 4) is 0 Å². The zero-order chi connectivity index (χ0) is 11.3. The van der Waals surface area contributed by atoms with Crippen molar-refractivity contribution in [2.75, 3.05) is 6.61 Å². The topological polar surface area (TPSA) is 47.3 Å². The highest BCUT2D eigenvalue weighted by Gasteiger charge is 2.07. The molecule has 1 heterocycles. The van der Waals surface area contributed by atoms with E-state index in [1.54, 1.807) is 6.20 Å². The molecule has 0 saturated heterocycles. The molecule has 1 aromatic rings. The number of aromatic nitrogens is 2. The molecule has 0 spiro atoms. The summed E-state index contributed by atoms with van der Waals surface area (Å²) in [4.78, 5) is 0. The summed E-state index contributed by atoms with van der Waals surface area (Å²) in [6, 6.07) is 1.97. The van der Waals surface area contributed by atoms with E-state index in [-0.39, 0.29) is 12.2 Å². The molecule has 1 N–H and O–H groups in total. The van der Waals surface area contributed by atoms with E-state index in [2.05, 4.69) is 5.10 Å². The van der Waals surface area contributed by atoms with Crippen molar-refractivity contribution in [1.29, 1.82) is 0 Å². The smallest absolute Gasteiger partial charge is 0.0777 e. The Hall–Kier alpha value is -0.870. The van der Waals surface area contributed by atoms with Gasteiger partial charge in [0.1, 0.15) is 0 Å². The average Bonchev–Trinajstić information content (AvgIpc) is 2.58. The first-order chi connectivity index (χ1) is 7.09. The van der Waals surface area contributed by atoms with E-state index < -0.39 is 0 Å². The molecule has 0 amide bonds. The number of hydrogen-bond acceptors (Lipinski definition) is 3. The molecule has 0 fully saturated rings. The molecule has 4 heteroatoms. The van der Waals surface area contributed by atoms with Crippen LogP contribution in [0.15, 0.2) is 12.3 Å². The van der Waals surface area contributed by atoms with Crippen molar-refractivity contribution in [3.05, 3.63) is 18.0 Å². The standard InChI is InChI=1S/C11H20N2O2/c1-9(2)15-8-11(14)5-4-10-6-7-12-13(10)3/h6-7,9,11,14H,4-5,8H2,1-3H3. The molecule has 4 nitrogen and oxygen atoms in total. The van der Waals surface area contributed by atoms with Gasteiger partial charge in [0.2, 0.25) is 0 Å². The third-order valence-electron chi connectivity index (χ3n) is 2.28. The predicted molar refractivity (Wildman–Crippen MR) is 58.6 cm³/mol. The zero-order valence-corrected chi connectivity index (χ0v) is 9.68. The minimum Gasteiger partial charge on any atom is -0.391 e. The lowest BCUT2D eigenvalue weighted by Crippen LogP contribution is -2.19. The number of aliphatic hydroxyl groups excluding tert-OH is 1. The second-order valence-corrected chi connectivity index (χ2v) is 4.02. The maximum atomic E-state index is 9.63. The molecular formula is C11H20N2O2. The van der Waals surface area contributed by atoms with Gasteiger partial charge in [-0.15, -0.1) is 0 Å². The number of hydrogen-bond donors (Lipinski definition) is 1. The maximum Gasteiger partial charge on any atom is 0.0777 e. The number of nitrogens with zero attached hydrogens (tertiary/aromatic N) is 2. The Morgan fingerprint density at radius 3 is 2.80 bits per heavy atom. The van der Waals surface area contributed by atoms with Gasteiger partial charge in [0.25, 0.3) is 0 Å². The molecule has 1 rings (SSSR count). The molecule has 1 atom stereocenters. The summed E-state index contributed by atoms with van der Waals surface area (Å²) in [6.45, 7) is 4.34. The van der Waals surface area contributed by atoms with Crippen molar-refractivity contribution in [1.82, 2.24) is 9.78 Å². The minimum atomic E-state index is -0.387. The van der Waals surface area contributed by atoms with E-state index in [0.717, 1.165) is 12.1 Å². The molecule has 1 unspecified atom stereocenters. The van der Waals surface area contributed by atoms with Gasteiger partial charge in [0.15, 0.2) is 0 Å². The first-order valence-electron chi connectivity index (χ1n) is 5.36. The van der Waals surface area contributed by atoms with Gasteiger partial charge in [0, 0.05) is 18.9 Å². The van der Waals surface area contributed by atoms with Gasteiger partial charge >= 0.3 is 0 Å². The molecular weight excluding hydrogens is 192 g/mol. The lowest BCUT2D eigenvalue weighted by molar-refractivity contribution is 0.00271. The summed E-state index contributed by atoms with van der Waals surface area (Å²) in [5.41, 5.74) is 1.14. The van der Waals surface area contributed by atoms with Crippen LogP contribution in [0.1, 0.15) is 26.0 Å². The van der Waals surface area contributed by atoms with Crippen molar-refractivity contribution in [2.24, 2.45) is 7.05 Å². The van der Waals surface area contributed by atoms with Crippen molar-refractivity contribution in [3.63, 3.8) is 0 Å². The van der Waals surface area contributed by atoms with Gasteiger partial charge in [-0.2, -0.15) is 5.10 Å². The van der Waals surface area contributed by atoms with E-state index >= 15 is 0 Å². The van der Waals surface area contributed by atoms with E-state index in [1.807, 2.05) is 31.6 Å². The molecule has 0 radical (unpaired) electrons. The Balaban J connectivity index is 2.22. The molecule has 0 aromatic carbocycles. The molecule has 0 aliphatic heterocycles. The Morgan fingerprint density at radius 2 is 2.27 bits per heavy atom. The summed E-state index contributed by atoms with van der Waals surface area (Å²) < 4.78 is 7.16. The largest absolute Gasteiger partial charge is 0.391 e. The first-order valence-corrected chi connectivity index (χ1v) is 5.36. The third-order valence-corrected chi connectivity index (χ3v) is 2.28. The van der Waals surface area contributed by atoms with Crippen LogP contribution in [0.3, 0.4) is 0 Å². The van der Waals surface area contributed by atoms with Gasteiger partial charge < -0.3 is 9.84 Å². The lowest BCUT2D eigenvalue weighted by Gasteiger charge is -2.13. The Morgan fingerprint density at radius 1 is 1.53 bits per heavy atom. The second-order valence-electron chi connectivity index (χ2n) is 4.02. The summed E-state index contributed by atoms with van der Waals surface area (Å²) >= 11 is 0. The molecule has 0 aliphatic rings. The fraction of sp³-hybridized carbons (Fsp3) is 0.727. The van der Waals surface area contributed by atoms with E-state index in [9.17, 15) is 5.11 Å². The van der Waals surface area contributed by atoms with Crippen LogP contribution in [0.25, 0.3) is 0 Å². The van der Waals surface area contributed by atoms with Gasteiger partial charge in [0.05, 0.1) is 18.8 Å². The fourth-order valence-electron chi connectivity index (χ4n) is 1.35. The zero-order valence-electron chi connectivity index (χ0n) is 9.68. The normalized spacial score (nSPS) is 13.4. The number of rotatable bonds is 6. The predicted octanol–water partition coefficient (Wildman–Crippen LogP) is 1.14. The van der Waals surface area contributed by atoms with Crippen LogP contribution in [-0.2, 0) is 18.2 Å². The fourth-order valence-corrected chi connectivity index (χ4v) is 1.35. The van der Waals surface area contributed by atoms with Crippen LogP contribution in [0, 0.1) is 0 Å². The minimum absolute atomic E-state index is 0.177. The van der Waals surface area contributed by atoms with E-state index in [4.69, 9.17) is 4.74 Å². The van der Waals surface area contributed by atoms with Crippen LogP contribution in [-0.4, -0.2) is 33.7 Å². The SMILES string of the molecule is CC(C)OCC(O)CCc1ccnn1C. The van der Waals surface area contributed by atoms with Crippen LogP contribution in [0.5, 0.6) is 0 Å². The highest BCUT2D eigenvalue weighted by molar-refractivity contribution is 4.99. The quantitative estimate of drug-likeness (QED) is 0.769. The number of aryl methyl sites for hydroxylation is 2. The van der Waals surface area contributed by atoms with Crippen molar-refractivity contribution >= 4 is 0 Å². The summed E-state index contributed by atoms with van der Waals surface area (Å²) in [5.74, 6) is 0. The van der Waals surface area contributed by atoms with E-state index in [1.165, 1.54) is 0 Å². The van der Waals surface area contributed by atoms with Crippen molar-refractivity contribution in [2.45, 2.75) is 38.9 Å². The van der Waals surface area contributed by atoms with Gasteiger partial charge in [-0.1, -0.05) is 0 Å². The molecule has 1 aromatic heterocycles. The van der Waals surface area contributed by atoms with E-state index in [0.29, 0.717) is 13.0 Å². The maximum absolute atomic E-state index is 9.63. The third kappa shape index (κ3) is 4.44.